The Balaban J connectivity index is 2.85. The summed E-state index contributed by atoms with van der Waals surface area (Å²) in [6.45, 7) is -1.69. The van der Waals surface area contributed by atoms with E-state index in [1.807, 2.05) is 0 Å². The first-order valence-electron chi connectivity index (χ1n) is 5.30. The van der Waals surface area contributed by atoms with E-state index in [9.17, 15) is 26.4 Å². The normalized spacial score (nSPS) is 12.5. The molecule has 0 spiro atoms. The van der Waals surface area contributed by atoms with Crippen molar-refractivity contribution in [3.8, 4) is 0 Å². The van der Waals surface area contributed by atoms with Crippen LogP contribution in [0.4, 0.5) is 13.2 Å². The SMILES string of the molecule is CN(C)S(=O)(=O)c1ccc(C(=O)OCC(F)(F)F)cc1. The van der Waals surface area contributed by atoms with Crippen LogP contribution in [0.15, 0.2) is 29.2 Å². The van der Waals surface area contributed by atoms with E-state index in [-0.39, 0.29) is 10.5 Å². The van der Waals surface area contributed by atoms with Gasteiger partial charge in [-0.25, -0.2) is 17.5 Å². The molecule has 0 saturated heterocycles. The van der Waals surface area contributed by atoms with E-state index in [0.717, 1.165) is 28.6 Å². The van der Waals surface area contributed by atoms with Gasteiger partial charge in [0.1, 0.15) is 0 Å². The molecule has 0 bridgehead atoms. The van der Waals surface area contributed by atoms with Crippen molar-refractivity contribution in [1.82, 2.24) is 4.31 Å². The third-order valence-corrected chi connectivity index (χ3v) is 4.06. The van der Waals surface area contributed by atoms with Crippen molar-refractivity contribution in [2.24, 2.45) is 0 Å². The molecule has 0 atom stereocenters. The smallest absolute Gasteiger partial charge is 0.422 e. The van der Waals surface area contributed by atoms with E-state index in [2.05, 4.69) is 4.74 Å². The molecule has 0 radical (unpaired) electrons. The zero-order valence-corrected chi connectivity index (χ0v) is 11.5. The molecule has 0 heterocycles. The Hall–Kier alpha value is -1.61. The van der Waals surface area contributed by atoms with Crippen molar-refractivity contribution in [3.05, 3.63) is 29.8 Å². The van der Waals surface area contributed by atoms with Crippen LogP contribution in [-0.4, -0.2) is 45.6 Å². The average Bonchev–Trinajstić information content (AvgIpc) is 2.35. The zero-order chi connectivity index (χ0) is 15.6. The van der Waals surface area contributed by atoms with E-state index < -0.39 is 28.8 Å². The van der Waals surface area contributed by atoms with Gasteiger partial charge < -0.3 is 4.74 Å². The van der Waals surface area contributed by atoms with Gasteiger partial charge in [0.2, 0.25) is 10.0 Å². The molecular weight excluding hydrogens is 299 g/mol. The highest BCUT2D eigenvalue weighted by atomic mass is 32.2. The molecule has 0 aliphatic rings. The summed E-state index contributed by atoms with van der Waals surface area (Å²) in [6, 6.07) is 4.43. The molecule has 0 unspecified atom stereocenters. The molecular formula is C11H12F3NO4S. The van der Waals surface area contributed by atoms with E-state index in [0.29, 0.717) is 0 Å². The lowest BCUT2D eigenvalue weighted by Gasteiger charge is -2.11. The molecule has 0 aliphatic heterocycles. The minimum absolute atomic E-state index is 0.0742. The van der Waals surface area contributed by atoms with Gasteiger partial charge in [-0.1, -0.05) is 0 Å². The predicted octanol–water partition coefficient (Wildman–Crippen LogP) is 1.66. The number of carbonyl (C=O) groups excluding carboxylic acids is 1. The van der Waals surface area contributed by atoms with Crippen LogP contribution in [0.1, 0.15) is 10.4 Å². The van der Waals surface area contributed by atoms with Crippen LogP contribution in [-0.2, 0) is 14.8 Å². The molecule has 9 heteroatoms. The van der Waals surface area contributed by atoms with Crippen LogP contribution in [0.3, 0.4) is 0 Å². The largest absolute Gasteiger partial charge is 0.452 e. The fraction of sp³-hybridized carbons (Fsp3) is 0.364. The number of ether oxygens (including phenoxy) is 1. The van der Waals surface area contributed by atoms with Crippen molar-refractivity contribution in [3.63, 3.8) is 0 Å². The highest BCUT2D eigenvalue weighted by Crippen LogP contribution is 2.17. The van der Waals surface area contributed by atoms with Crippen LogP contribution in [0.5, 0.6) is 0 Å². The number of carbonyl (C=O) groups is 1. The fourth-order valence-corrected chi connectivity index (χ4v) is 2.11. The topological polar surface area (TPSA) is 63.7 Å². The second kappa shape index (κ2) is 5.80. The standard InChI is InChI=1S/C11H12F3NO4S/c1-15(2)20(17,18)9-5-3-8(4-6-9)10(16)19-7-11(12,13)14/h3-6H,7H2,1-2H3. The van der Waals surface area contributed by atoms with E-state index >= 15 is 0 Å². The van der Waals surface area contributed by atoms with Crippen LogP contribution < -0.4 is 0 Å². The van der Waals surface area contributed by atoms with E-state index in [1.54, 1.807) is 0 Å². The number of rotatable bonds is 4. The van der Waals surface area contributed by atoms with Crippen molar-refractivity contribution < 1.29 is 31.1 Å². The first-order chi connectivity index (χ1) is 9.04. The molecule has 112 valence electrons. The van der Waals surface area contributed by atoms with Gasteiger partial charge in [0, 0.05) is 14.1 Å². The minimum Gasteiger partial charge on any atom is -0.452 e. The molecule has 0 aliphatic carbocycles. The molecule has 20 heavy (non-hydrogen) atoms. The second-order valence-corrected chi connectivity index (χ2v) is 6.15. The number of sulfonamides is 1. The van der Waals surface area contributed by atoms with Crippen LogP contribution in [0.25, 0.3) is 0 Å². The van der Waals surface area contributed by atoms with Gasteiger partial charge in [-0.2, -0.15) is 13.2 Å². The number of esters is 1. The van der Waals surface area contributed by atoms with Crippen molar-refractivity contribution in [2.45, 2.75) is 11.1 Å². The maximum atomic E-state index is 11.9. The molecule has 1 aromatic carbocycles. The van der Waals surface area contributed by atoms with Gasteiger partial charge in [0.15, 0.2) is 6.61 Å². The summed E-state index contributed by atoms with van der Waals surface area (Å²) < 4.78 is 64.1. The van der Waals surface area contributed by atoms with Gasteiger partial charge in [-0.05, 0) is 24.3 Å². The average molecular weight is 311 g/mol. The predicted molar refractivity (Wildman–Crippen MR) is 63.7 cm³/mol. The number of hydrogen-bond donors (Lipinski definition) is 0. The molecule has 0 amide bonds. The third kappa shape index (κ3) is 4.20. The summed E-state index contributed by atoms with van der Waals surface area (Å²) in [4.78, 5) is 11.2. The highest BCUT2D eigenvalue weighted by molar-refractivity contribution is 7.89. The quantitative estimate of drug-likeness (QED) is 0.793. The second-order valence-electron chi connectivity index (χ2n) is 4.00. The third-order valence-electron chi connectivity index (χ3n) is 2.24. The lowest BCUT2D eigenvalue weighted by atomic mass is 10.2. The van der Waals surface area contributed by atoms with Crippen LogP contribution in [0, 0.1) is 0 Å². The Kier molecular flexibility index (Phi) is 4.77. The Morgan fingerprint density at radius 3 is 2.10 bits per heavy atom. The first-order valence-corrected chi connectivity index (χ1v) is 6.74. The summed E-state index contributed by atoms with van der Waals surface area (Å²) in [5.74, 6) is -1.17. The summed E-state index contributed by atoms with van der Waals surface area (Å²) in [6.07, 6.45) is -4.61. The van der Waals surface area contributed by atoms with Crippen molar-refractivity contribution >= 4 is 16.0 Å². The number of alkyl halides is 3. The maximum Gasteiger partial charge on any atom is 0.422 e. The molecule has 1 rings (SSSR count). The van der Waals surface area contributed by atoms with Crippen molar-refractivity contribution in [1.29, 1.82) is 0 Å². The highest BCUT2D eigenvalue weighted by Gasteiger charge is 2.29. The minimum atomic E-state index is -4.61. The number of halogens is 3. The summed E-state index contributed by atoms with van der Waals surface area (Å²) >= 11 is 0. The Morgan fingerprint density at radius 1 is 1.20 bits per heavy atom. The Labute approximate surface area is 114 Å². The van der Waals surface area contributed by atoms with Gasteiger partial charge in [-0.3, -0.25) is 0 Å². The van der Waals surface area contributed by atoms with Crippen LogP contribution in [0.2, 0.25) is 0 Å². The number of nitrogens with zero attached hydrogens (tertiary/aromatic N) is 1. The summed E-state index contributed by atoms with van der Waals surface area (Å²) in [5, 5.41) is 0. The monoisotopic (exact) mass is 311 g/mol. The Morgan fingerprint density at radius 2 is 1.70 bits per heavy atom. The van der Waals surface area contributed by atoms with E-state index in [1.165, 1.54) is 14.1 Å². The lowest BCUT2D eigenvalue weighted by Crippen LogP contribution is -2.22. The Bertz CT molecular complexity index is 579. The van der Waals surface area contributed by atoms with Crippen molar-refractivity contribution in [2.75, 3.05) is 20.7 Å². The number of hydrogen-bond acceptors (Lipinski definition) is 4. The lowest BCUT2D eigenvalue weighted by molar-refractivity contribution is -0.161. The first kappa shape index (κ1) is 16.4. The number of benzene rings is 1. The molecule has 0 aromatic heterocycles. The van der Waals surface area contributed by atoms with Gasteiger partial charge >= 0.3 is 12.1 Å². The van der Waals surface area contributed by atoms with E-state index in [4.69, 9.17) is 0 Å². The van der Waals surface area contributed by atoms with Gasteiger partial charge in [0.25, 0.3) is 0 Å². The van der Waals surface area contributed by atoms with Crippen LogP contribution >= 0.6 is 0 Å². The molecule has 1 aromatic rings. The van der Waals surface area contributed by atoms with Gasteiger partial charge in [0.05, 0.1) is 10.5 Å². The van der Waals surface area contributed by atoms with Gasteiger partial charge in [-0.15, -0.1) is 0 Å². The molecule has 0 N–H and O–H groups in total. The fourth-order valence-electron chi connectivity index (χ4n) is 1.20. The molecule has 0 saturated carbocycles. The zero-order valence-electron chi connectivity index (χ0n) is 10.6. The molecule has 0 fully saturated rings. The summed E-state index contributed by atoms with van der Waals surface area (Å²) in [5.41, 5.74) is -0.160. The summed E-state index contributed by atoms with van der Waals surface area (Å²) in [7, 11) is -0.985. The maximum absolute atomic E-state index is 11.9. The molecule has 5 nitrogen and oxygen atoms in total.